The monoisotopic (exact) mass is 769 g/mol. The molecule has 6 rings (SSSR count). The van der Waals surface area contributed by atoms with E-state index in [0.717, 1.165) is 49.7 Å². The topological polar surface area (TPSA) is 115 Å². The van der Waals surface area contributed by atoms with Crippen molar-refractivity contribution >= 4 is 56.7 Å². The molecule has 0 bridgehead atoms. The number of likely N-dealkylation sites (tertiary alicyclic amines) is 2. The van der Waals surface area contributed by atoms with Crippen LogP contribution in [0.4, 0.5) is 34.1 Å². The van der Waals surface area contributed by atoms with E-state index >= 15 is 0 Å². The molecule has 0 unspecified atom stereocenters. The minimum Gasteiger partial charge on any atom is -0.436 e. The SMILES string of the molecule is CN1CCC(N2CCN(C(=O)[C@@H](Cc3cc(Br)c(N)c(C(F)(F)F)c3)OC(=O)N3CCC(N4CCc5cscc5NC4=O)CC3)CC2)CC1. The van der Waals surface area contributed by atoms with Crippen LogP contribution in [0.2, 0.25) is 0 Å². The van der Waals surface area contributed by atoms with Gasteiger partial charge >= 0.3 is 18.3 Å². The lowest BCUT2D eigenvalue weighted by Gasteiger charge is -2.42. The van der Waals surface area contributed by atoms with Crippen LogP contribution in [0.1, 0.15) is 42.4 Å². The van der Waals surface area contributed by atoms with Gasteiger partial charge in [-0.25, -0.2) is 9.59 Å². The van der Waals surface area contributed by atoms with Gasteiger partial charge in [0.1, 0.15) is 0 Å². The number of nitrogen functional groups attached to an aromatic ring is 1. The van der Waals surface area contributed by atoms with E-state index in [4.69, 9.17) is 10.5 Å². The first-order valence-corrected chi connectivity index (χ1v) is 18.6. The van der Waals surface area contributed by atoms with Crippen LogP contribution in [0.5, 0.6) is 0 Å². The van der Waals surface area contributed by atoms with E-state index in [0.29, 0.717) is 64.7 Å². The first kappa shape index (κ1) is 35.7. The number of hydrogen-bond acceptors (Lipinski definition) is 8. The number of piperazine rings is 1. The van der Waals surface area contributed by atoms with E-state index in [-0.39, 0.29) is 28.5 Å². The lowest BCUT2D eigenvalue weighted by Crippen LogP contribution is -2.56. The second-order valence-corrected chi connectivity index (χ2v) is 15.0. The van der Waals surface area contributed by atoms with Crippen LogP contribution in [0.15, 0.2) is 27.4 Å². The number of urea groups is 1. The molecule has 3 fully saturated rings. The van der Waals surface area contributed by atoms with Gasteiger partial charge in [-0.3, -0.25) is 9.69 Å². The standard InChI is InChI=1S/C33H43BrF3N7O4S/c1-40-7-3-23(4-8-40)41-12-14-42(15-13-41)30(45)28(18-21-16-25(33(35,36)37)29(38)26(34)17-21)48-32(47)43-9-5-24(6-10-43)44-11-2-22-19-49-20-27(22)39-31(44)46/h16-17,19-20,23-24,28H,2-15,18,38H2,1H3,(H,39,46)/t28-/m1/s1. The molecule has 4 aliphatic rings. The summed E-state index contributed by atoms with van der Waals surface area (Å²) in [6.07, 6.45) is -3.03. The summed E-state index contributed by atoms with van der Waals surface area (Å²) < 4.78 is 47.4. The van der Waals surface area contributed by atoms with Gasteiger partial charge in [0.25, 0.3) is 5.91 Å². The van der Waals surface area contributed by atoms with Gasteiger partial charge in [0, 0.05) is 74.2 Å². The van der Waals surface area contributed by atoms with Gasteiger partial charge in [0.05, 0.1) is 16.9 Å². The second kappa shape index (κ2) is 15.0. The minimum atomic E-state index is -4.71. The van der Waals surface area contributed by atoms with Crippen molar-refractivity contribution in [1.82, 2.24) is 24.5 Å². The summed E-state index contributed by atoms with van der Waals surface area (Å²) >= 11 is 4.68. The molecule has 0 radical (unpaired) electrons. The maximum atomic E-state index is 14.0. The first-order valence-electron chi connectivity index (χ1n) is 16.8. The molecule has 1 aromatic heterocycles. The smallest absolute Gasteiger partial charge is 0.418 e. The van der Waals surface area contributed by atoms with Crippen molar-refractivity contribution in [3.05, 3.63) is 44.1 Å². The molecule has 49 heavy (non-hydrogen) atoms. The normalized spacial score (nSPS) is 21.2. The molecule has 3 N–H and O–H groups in total. The Balaban J connectivity index is 1.12. The fourth-order valence-electron chi connectivity index (χ4n) is 7.35. The number of ether oxygens (including phenoxy) is 1. The van der Waals surface area contributed by atoms with Gasteiger partial charge < -0.3 is 35.4 Å². The van der Waals surface area contributed by atoms with E-state index in [2.05, 4.69) is 38.1 Å². The number of anilines is 2. The molecule has 2 aromatic rings. The number of carbonyl (C=O) groups is 3. The van der Waals surface area contributed by atoms with Crippen molar-refractivity contribution in [3.63, 3.8) is 0 Å². The number of hydrogen-bond donors (Lipinski definition) is 2. The minimum absolute atomic E-state index is 0.0520. The number of rotatable bonds is 6. The van der Waals surface area contributed by atoms with E-state index in [1.807, 2.05) is 15.7 Å². The van der Waals surface area contributed by atoms with E-state index in [1.54, 1.807) is 16.2 Å². The number of carbonyl (C=O) groups excluding carboxylic acids is 3. The third-order valence-electron chi connectivity index (χ3n) is 10.3. The Morgan fingerprint density at radius 2 is 1.65 bits per heavy atom. The molecular formula is C33H43BrF3N7O4S. The Kier molecular flexibility index (Phi) is 11.0. The van der Waals surface area contributed by atoms with E-state index in [1.165, 1.54) is 11.0 Å². The van der Waals surface area contributed by atoms with E-state index in [9.17, 15) is 27.6 Å². The lowest BCUT2D eigenvalue weighted by atomic mass is 10.0. The van der Waals surface area contributed by atoms with Gasteiger partial charge in [-0.1, -0.05) is 0 Å². The first-order chi connectivity index (χ1) is 23.4. The van der Waals surface area contributed by atoms with Gasteiger partial charge in [-0.15, -0.1) is 11.3 Å². The molecule has 1 aromatic carbocycles. The number of halogens is 4. The summed E-state index contributed by atoms with van der Waals surface area (Å²) in [5.74, 6) is -0.429. The maximum Gasteiger partial charge on any atom is 0.418 e. The zero-order valence-electron chi connectivity index (χ0n) is 27.5. The number of fused-ring (bicyclic) bond motifs is 1. The summed E-state index contributed by atoms with van der Waals surface area (Å²) in [6, 6.07) is 2.58. The highest BCUT2D eigenvalue weighted by Crippen LogP contribution is 2.38. The number of alkyl halides is 3. The number of piperidine rings is 2. The van der Waals surface area contributed by atoms with Crippen LogP contribution < -0.4 is 11.1 Å². The van der Waals surface area contributed by atoms with Gasteiger partial charge in [0.2, 0.25) is 0 Å². The molecule has 1 atom stereocenters. The molecule has 268 valence electrons. The second-order valence-electron chi connectivity index (χ2n) is 13.4. The van der Waals surface area contributed by atoms with Crippen LogP contribution in [-0.2, 0) is 28.5 Å². The van der Waals surface area contributed by atoms with Crippen LogP contribution in [0, 0.1) is 0 Å². The van der Waals surface area contributed by atoms with Crippen LogP contribution in [0.25, 0.3) is 0 Å². The molecule has 4 amide bonds. The molecule has 4 aliphatic heterocycles. The average molecular weight is 771 g/mol. The number of benzene rings is 1. The Bertz CT molecular complexity index is 1520. The van der Waals surface area contributed by atoms with Crippen molar-refractivity contribution in [1.29, 1.82) is 0 Å². The summed E-state index contributed by atoms with van der Waals surface area (Å²) in [7, 11) is 2.11. The molecule has 0 spiro atoms. The van der Waals surface area contributed by atoms with Crippen LogP contribution >= 0.6 is 27.3 Å². The third-order valence-corrected chi connectivity index (χ3v) is 11.7. The van der Waals surface area contributed by atoms with Crippen molar-refractivity contribution in [3.8, 4) is 0 Å². The Morgan fingerprint density at radius 1 is 0.980 bits per heavy atom. The summed E-state index contributed by atoms with van der Waals surface area (Å²) in [5, 5.41) is 6.95. The predicted octanol–water partition coefficient (Wildman–Crippen LogP) is 4.95. The number of nitrogens with one attached hydrogen (secondary N) is 1. The zero-order chi connectivity index (χ0) is 34.9. The van der Waals surface area contributed by atoms with Crippen molar-refractivity contribution < 1.29 is 32.3 Å². The van der Waals surface area contributed by atoms with Crippen molar-refractivity contribution in [2.75, 3.05) is 77.0 Å². The molecule has 0 aliphatic carbocycles. The molecule has 3 saturated heterocycles. The molecular weight excluding hydrogens is 727 g/mol. The summed E-state index contributed by atoms with van der Waals surface area (Å²) in [4.78, 5) is 50.2. The molecule has 0 saturated carbocycles. The molecule has 16 heteroatoms. The van der Waals surface area contributed by atoms with Crippen LogP contribution in [0.3, 0.4) is 0 Å². The highest BCUT2D eigenvalue weighted by molar-refractivity contribution is 9.10. The number of nitrogens with two attached hydrogens (primary N) is 1. The quantitative estimate of drug-likeness (QED) is 0.400. The van der Waals surface area contributed by atoms with Gasteiger partial charge in [-0.05, 0) is 96.8 Å². The van der Waals surface area contributed by atoms with Crippen molar-refractivity contribution in [2.45, 2.75) is 62.9 Å². The number of thiophene rings is 1. The Hall–Kier alpha value is -3.08. The highest BCUT2D eigenvalue weighted by atomic mass is 79.9. The van der Waals surface area contributed by atoms with Gasteiger partial charge in [-0.2, -0.15) is 13.2 Å². The summed E-state index contributed by atoms with van der Waals surface area (Å²) in [5.41, 5.74) is 6.39. The highest BCUT2D eigenvalue weighted by Gasteiger charge is 2.38. The number of amides is 4. The molecule has 5 heterocycles. The third kappa shape index (κ3) is 8.29. The van der Waals surface area contributed by atoms with Crippen molar-refractivity contribution in [2.24, 2.45) is 0 Å². The van der Waals surface area contributed by atoms with E-state index < -0.39 is 35.5 Å². The van der Waals surface area contributed by atoms with Crippen LogP contribution in [-0.4, -0.2) is 127 Å². The fraction of sp³-hybridized carbons (Fsp3) is 0.606. The number of nitrogens with zero attached hydrogens (tertiary/aromatic N) is 5. The Morgan fingerprint density at radius 3 is 2.33 bits per heavy atom. The average Bonchev–Trinajstić information content (AvgIpc) is 3.45. The Labute approximate surface area is 296 Å². The lowest BCUT2D eigenvalue weighted by molar-refractivity contribution is -0.143. The summed E-state index contributed by atoms with van der Waals surface area (Å²) in [6.45, 7) is 5.49. The fourth-order valence-corrected chi connectivity index (χ4v) is 8.68. The molecule has 11 nitrogen and oxygen atoms in total. The maximum absolute atomic E-state index is 14.0. The predicted molar refractivity (Wildman–Crippen MR) is 185 cm³/mol. The van der Waals surface area contributed by atoms with Gasteiger partial charge in [0.15, 0.2) is 6.10 Å². The zero-order valence-corrected chi connectivity index (χ0v) is 29.9. The largest absolute Gasteiger partial charge is 0.436 e.